The van der Waals surface area contributed by atoms with E-state index in [0.29, 0.717) is 5.75 Å². The van der Waals surface area contributed by atoms with Gasteiger partial charge in [0.1, 0.15) is 11.5 Å². The Bertz CT molecular complexity index is 515. The first-order valence-corrected chi connectivity index (χ1v) is 4.90. The van der Waals surface area contributed by atoms with Gasteiger partial charge in [0.15, 0.2) is 0 Å². The predicted octanol–water partition coefficient (Wildman–Crippen LogP) is 3.17. The van der Waals surface area contributed by atoms with Gasteiger partial charge in [-0.3, -0.25) is 0 Å². The smallest absolute Gasteiger partial charge is 0.130 e. The summed E-state index contributed by atoms with van der Waals surface area (Å²) in [5.74, 6) is 1.04. The highest BCUT2D eigenvalue weighted by atomic mass is 16.5. The molecule has 0 unspecified atom stereocenters. The first-order valence-electron chi connectivity index (χ1n) is 4.90. The van der Waals surface area contributed by atoms with E-state index < -0.39 is 0 Å². The molecule has 2 nitrogen and oxygen atoms in total. The lowest BCUT2D eigenvalue weighted by Crippen LogP contribution is -1.89. The van der Waals surface area contributed by atoms with Crippen molar-refractivity contribution in [1.82, 2.24) is 0 Å². The molecular formula is C13H14O2. The van der Waals surface area contributed by atoms with E-state index in [-0.39, 0.29) is 0 Å². The summed E-state index contributed by atoms with van der Waals surface area (Å²) in [5.41, 5.74) is 1.93. The van der Waals surface area contributed by atoms with Gasteiger partial charge in [0.05, 0.1) is 7.11 Å². The highest BCUT2D eigenvalue weighted by molar-refractivity contribution is 5.91. The van der Waals surface area contributed by atoms with E-state index in [4.69, 9.17) is 4.74 Å². The van der Waals surface area contributed by atoms with Gasteiger partial charge in [0, 0.05) is 10.9 Å². The molecule has 0 saturated heterocycles. The van der Waals surface area contributed by atoms with Crippen molar-refractivity contribution in [1.29, 1.82) is 0 Å². The second kappa shape index (κ2) is 3.46. The summed E-state index contributed by atoms with van der Waals surface area (Å²) in [6.07, 6.45) is 0. The van der Waals surface area contributed by atoms with E-state index in [1.807, 2.05) is 38.1 Å². The van der Waals surface area contributed by atoms with Crippen LogP contribution in [0.2, 0.25) is 0 Å². The zero-order valence-electron chi connectivity index (χ0n) is 9.16. The molecule has 0 saturated carbocycles. The van der Waals surface area contributed by atoms with Crippen LogP contribution in [-0.4, -0.2) is 12.2 Å². The minimum Gasteiger partial charge on any atom is -0.507 e. The largest absolute Gasteiger partial charge is 0.507 e. The van der Waals surface area contributed by atoms with Crippen molar-refractivity contribution in [2.75, 3.05) is 7.11 Å². The van der Waals surface area contributed by atoms with Crippen molar-refractivity contribution in [3.05, 3.63) is 35.4 Å². The maximum absolute atomic E-state index is 10.0. The molecule has 2 rings (SSSR count). The van der Waals surface area contributed by atoms with E-state index in [9.17, 15) is 5.11 Å². The molecule has 0 bridgehead atoms. The molecule has 0 heterocycles. The van der Waals surface area contributed by atoms with E-state index in [2.05, 4.69) is 0 Å². The zero-order valence-corrected chi connectivity index (χ0v) is 9.16. The second-order valence-corrected chi connectivity index (χ2v) is 3.78. The van der Waals surface area contributed by atoms with Crippen LogP contribution in [0.5, 0.6) is 11.5 Å². The van der Waals surface area contributed by atoms with E-state index in [1.54, 1.807) is 7.11 Å². The van der Waals surface area contributed by atoms with Gasteiger partial charge in [-0.05, 0) is 31.4 Å². The van der Waals surface area contributed by atoms with Crippen LogP contribution in [-0.2, 0) is 0 Å². The van der Waals surface area contributed by atoms with Crippen LogP contribution in [0.25, 0.3) is 10.8 Å². The van der Waals surface area contributed by atoms with Gasteiger partial charge < -0.3 is 9.84 Å². The Kier molecular flexibility index (Phi) is 2.27. The molecule has 0 amide bonds. The fraction of sp³-hybridized carbons (Fsp3) is 0.231. The molecular weight excluding hydrogens is 188 g/mol. The monoisotopic (exact) mass is 202 g/mol. The van der Waals surface area contributed by atoms with Gasteiger partial charge in [-0.15, -0.1) is 0 Å². The van der Waals surface area contributed by atoms with Crippen molar-refractivity contribution in [3.8, 4) is 11.5 Å². The predicted molar refractivity (Wildman–Crippen MR) is 61.6 cm³/mol. The van der Waals surface area contributed by atoms with Crippen LogP contribution in [0.4, 0.5) is 0 Å². The lowest BCUT2D eigenvalue weighted by atomic mass is 10.0. The third kappa shape index (κ3) is 1.52. The summed E-state index contributed by atoms with van der Waals surface area (Å²) < 4.78 is 5.20. The quantitative estimate of drug-likeness (QED) is 0.769. The van der Waals surface area contributed by atoms with Crippen LogP contribution in [0, 0.1) is 13.8 Å². The molecule has 0 aliphatic carbocycles. The van der Waals surface area contributed by atoms with Crippen molar-refractivity contribution in [2.45, 2.75) is 13.8 Å². The Balaban J connectivity index is 2.84. The Hall–Kier alpha value is -1.70. The summed E-state index contributed by atoms with van der Waals surface area (Å²) >= 11 is 0. The lowest BCUT2D eigenvalue weighted by molar-refractivity contribution is 0.404. The minimum absolute atomic E-state index is 0.313. The maximum atomic E-state index is 10.0. The topological polar surface area (TPSA) is 29.5 Å². The molecule has 0 spiro atoms. The van der Waals surface area contributed by atoms with Gasteiger partial charge in [0.2, 0.25) is 0 Å². The summed E-state index contributed by atoms with van der Waals surface area (Å²) in [6.45, 7) is 3.87. The third-order valence-electron chi connectivity index (χ3n) is 2.70. The summed E-state index contributed by atoms with van der Waals surface area (Å²) in [7, 11) is 1.61. The van der Waals surface area contributed by atoms with E-state index >= 15 is 0 Å². The molecule has 2 heteroatoms. The number of hydrogen-bond donors (Lipinski definition) is 1. The number of aryl methyl sites for hydroxylation is 1. The summed E-state index contributed by atoms with van der Waals surface area (Å²) in [6, 6.07) is 7.95. The standard InChI is InChI=1S/C13H14O2/c1-8-4-5-10-7-12(15-3)9(2)13(14)11(10)6-8/h4-7,14H,1-3H3. The van der Waals surface area contributed by atoms with Crippen LogP contribution in [0.15, 0.2) is 24.3 Å². The van der Waals surface area contributed by atoms with Crippen molar-refractivity contribution >= 4 is 10.8 Å². The highest BCUT2D eigenvalue weighted by Crippen LogP contribution is 2.35. The molecule has 0 fully saturated rings. The number of methoxy groups -OCH3 is 1. The Morgan fingerprint density at radius 2 is 1.87 bits per heavy atom. The normalized spacial score (nSPS) is 10.6. The Morgan fingerprint density at radius 1 is 1.13 bits per heavy atom. The first-order chi connectivity index (χ1) is 7.13. The van der Waals surface area contributed by atoms with Gasteiger partial charge in [-0.1, -0.05) is 17.7 Å². The SMILES string of the molecule is COc1cc2ccc(C)cc2c(O)c1C. The number of aromatic hydroxyl groups is 1. The molecule has 0 aromatic heterocycles. The molecule has 2 aromatic rings. The molecule has 1 N–H and O–H groups in total. The van der Waals surface area contributed by atoms with Gasteiger partial charge >= 0.3 is 0 Å². The lowest BCUT2D eigenvalue weighted by Gasteiger charge is -2.10. The van der Waals surface area contributed by atoms with Crippen molar-refractivity contribution < 1.29 is 9.84 Å². The van der Waals surface area contributed by atoms with Crippen LogP contribution in [0.1, 0.15) is 11.1 Å². The van der Waals surface area contributed by atoms with Gasteiger partial charge in [-0.25, -0.2) is 0 Å². The average Bonchev–Trinajstić information content (AvgIpc) is 2.24. The van der Waals surface area contributed by atoms with Gasteiger partial charge in [0.25, 0.3) is 0 Å². The van der Waals surface area contributed by atoms with E-state index in [0.717, 1.165) is 27.6 Å². The Morgan fingerprint density at radius 3 is 2.53 bits per heavy atom. The van der Waals surface area contributed by atoms with Crippen molar-refractivity contribution in [2.24, 2.45) is 0 Å². The number of ether oxygens (including phenoxy) is 1. The highest BCUT2D eigenvalue weighted by Gasteiger charge is 2.09. The number of benzene rings is 2. The molecule has 2 aromatic carbocycles. The molecule has 0 aliphatic heterocycles. The second-order valence-electron chi connectivity index (χ2n) is 3.78. The third-order valence-corrected chi connectivity index (χ3v) is 2.70. The molecule has 15 heavy (non-hydrogen) atoms. The average molecular weight is 202 g/mol. The maximum Gasteiger partial charge on any atom is 0.130 e. The van der Waals surface area contributed by atoms with Gasteiger partial charge in [-0.2, -0.15) is 0 Å². The number of rotatable bonds is 1. The molecule has 0 aliphatic rings. The van der Waals surface area contributed by atoms with Crippen molar-refractivity contribution in [3.63, 3.8) is 0 Å². The van der Waals surface area contributed by atoms with Crippen LogP contribution < -0.4 is 4.74 Å². The fourth-order valence-electron chi connectivity index (χ4n) is 1.78. The first kappa shape index (κ1) is 9.84. The van der Waals surface area contributed by atoms with Crippen LogP contribution in [0.3, 0.4) is 0 Å². The molecule has 78 valence electrons. The number of phenols is 1. The summed E-state index contributed by atoms with van der Waals surface area (Å²) in [4.78, 5) is 0. The zero-order chi connectivity index (χ0) is 11.0. The van der Waals surface area contributed by atoms with Crippen LogP contribution >= 0.6 is 0 Å². The number of hydrogen-bond acceptors (Lipinski definition) is 2. The minimum atomic E-state index is 0.313. The molecule has 0 radical (unpaired) electrons. The summed E-state index contributed by atoms with van der Waals surface area (Å²) in [5, 5.41) is 11.9. The van der Waals surface area contributed by atoms with E-state index in [1.165, 1.54) is 0 Å². The molecule has 0 atom stereocenters. The number of fused-ring (bicyclic) bond motifs is 1. The Labute approximate surface area is 89.1 Å². The fourth-order valence-corrected chi connectivity index (χ4v) is 1.78. The number of phenolic OH excluding ortho intramolecular Hbond substituents is 1.